The number of aryl methyl sites for hydroxylation is 2. The molecule has 0 spiro atoms. The Hall–Kier alpha value is -4.37. The van der Waals surface area contributed by atoms with Crippen LogP contribution >= 0.6 is 0 Å². The van der Waals surface area contributed by atoms with E-state index in [1.165, 1.54) is 0 Å². The Labute approximate surface area is 216 Å². The van der Waals surface area contributed by atoms with Crippen LogP contribution in [-0.4, -0.2) is 25.3 Å². The molecule has 0 bridgehead atoms. The molecular formula is C31H27N5O. The number of carbonyl (C=O) groups excluding carboxylic acids is 1. The topological polar surface area (TPSA) is 84.5 Å². The summed E-state index contributed by atoms with van der Waals surface area (Å²) in [6, 6.07) is 20.8. The number of hydrogen-bond acceptors (Lipinski definition) is 5. The van der Waals surface area contributed by atoms with Gasteiger partial charge in [-0.3, -0.25) is 4.79 Å². The summed E-state index contributed by atoms with van der Waals surface area (Å²) in [5, 5.41) is 9.91. The third-order valence-electron chi connectivity index (χ3n) is 8.10. The zero-order valence-corrected chi connectivity index (χ0v) is 21.1. The highest BCUT2D eigenvalue weighted by Gasteiger charge is 2.53. The predicted molar refractivity (Wildman–Crippen MR) is 141 cm³/mol. The maximum Gasteiger partial charge on any atom is 0.176 e. The first-order chi connectivity index (χ1) is 17.9. The van der Waals surface area contributed by atoms with Crippen molar-refractivity contribution in [3.8, 4) is 28.6 Å². The Bertz CT molecular complexity index is 1590. The van der Waals surface area contributed by atoms with E-state index in [0.717, 1.165) is 52.2 Å². The van der Waals surface area contributed by atoms with E-state index in [-0.39, 0.29) is 23.2 Å². The molecule has 0 saturated carbocycles. The number of nitriles is 1. The second kappa shape index (κ2) is 8.63. The highest BCUT2D eigenvalue weighted by molar-refractivity contribution is 6.02. The highest BCUT2D eigenvalue weighted by atomic mass is 16.1. The normalized spacial score (nSPS) is 22.5. The van der Waals surface area contributed by atoms with E-state index in [1.807, 2.05) is 55.9 Å². The first-order valence-corrected chi connectivity index (χ1v) is 12.6. The number of hydrogen-bond donors (Lipinski definition) is 0. The van der Waals surface area contributed by atoms with E-state index in [1.54, 1.807) is 6.33 Å². The van der Waals surface area contributed by atoms with Crippen LogP contribution in [0.1, 0.15) is 36.0 Å². The number of Topliss-reactive ketones (excluding diaryl/α,β-unsaturated/α-hetero) is 1. The van der Waals surface area contributed by atoms with Gasteiger partial charge in [0.25, 0.3) is 0 Å². The van der Waals surface area contributed by atoms with Crippen LogP contribution in [0.15, 0.2) is 78.8 Å². The van der Waals surface area contributed by atoms with Gasteiger partial charge in [-0.25, -0.2) is 15.0 Å². The van der Waals surface area contributed by atoms with Crippen molar-refractivity contribution in [3.63, 3.8) is 0 Å². The number of ketones is 1. The molecule has 0 aliphatic heterocycles. The lowest BCUT2D eigenvalue weighted by atomic mass is 9.54. The highest BCUT2D eigenvalue weighted by Crippen LogP contribution is 2.54. The molecule has 0 N–H and O–H groups in total. The minimum absolute atomic E-state index is 0.0152. The second-order valence-corrected chi connectivity index (χ2v) is 10.1. The van der Waals surface area contributed by atoms with Gasteiger partial charge in [0.05, 0.1) is 40.6 Å². The van der Waals surface area contributed by atoms with Gasteiger partial charge >= 0.3 is 0 Å². The number of benzene rings is 2. The van der Waals surface area contributed by atoms with Crippen molar-refractivity contribution >= 4 is 5.78 Å². The Kier molecular flexibility index (Phi) is 5.38. The Morgan fingerprint density at radius 2 is 1.78 bits per heavy atom. The molecule has 2 aliphatic rings. The van der Waals surface area contributed by atoms with Crippen LogP contribution in [0.4, 0.5) is 0 Å². The maximum atomic E-state index is 13.1. The van der Waals surface area contributed by atoms with Crippen LogP contribution in [-0.2, 0) is 23.7 Å². The van der Waals surface area contributed by atoms with Crippen LogP contribution < -0.4 is 0 Å². The van der Waals surface area contributed by atoms with Crippen molar-refractivity contribution in [2.45, 2.75) is 32.1 Å². The molecule has 0 saturated heterocycles. The molecule has 2 heterocycles. The quantitative estimate of drug-likeness (QED) is 0.390. The van der Waals surface area contributed by atoms with Crippen LogP contribution in [0, 0.1) is 30.1 Å². The van der Waals surface area contributed by atoms with Crippen molar-refractivity contribution in [2.75, 3.05) is 0 Å². The van der Waals surface area contributed by atoms with E-state index in [0.29, 0.717) is 5.82 Å². The monoisotopic (exact) mass is 485 g/mol. The zero-order chi connectivity index (χ0) is 25.7. The van der Waals surface area contributed by atoms with Crippen molar-refractivity contribution in [1.29, 1.82) is 5.26 Å². The van der Waals surface area contributed by atoms with Gasteiger partial charge < -0.3 is 4.57 Å². The van der Waals surface area contributed by atoms with E-state index < -0.39 is 5.41 Å². The zero-order valence-electron chi connectivity index (χ0n) is 21.1. The molecular weight excluding hydrogens is 458 g/mol. The molecule has 6 heteroatoms. The van der Waals surface area contributed by atoms with Gasteiger partial charge in [0.2, 0.25) is 0 Å². The van der Waals surface area contributed by atoms with Crippen molar-refractivity contribution < 1.29 is 4.79 Å². The largest absolute Gasteiger partial charge is 0.334 e. The molecule has 37 heavy (non-hydrogen) atoms. The molecule has 6 nitrogen and oxygen atoms in total. The molecule has 0 radical (unpaired) electrons. The summed E-state index contributed by atoms with van der Waals surface area (Å²) >= 11 is 0. The van der Waals surface area contributed by atoms with Gasteiger partial charge in [-0.05, 0) is 42.9 Å². The lowest BCUT2D eigenvalue weighted by Gasteiger charge is -2.48. The number of fused-ring (bicyclic) bond motifs is 3. The Balaban J connectivity index is 1.58. The van der Waals surface area contributed by atoms with Crippen LogP contribution in [0.5, 0.6) is 0 Å². The van der Waals surface area contributed by atoms with E-state index in [9.17, 15) is 10.1 Å². The Morgan fingerprint density at radius 3 is 2.46 bits per heavy atom. The average molecular weight is 486 g/mol. The van der Waals surface area contributed by atoms with Gasteiger partial charge in [0.15, 0.2) is 5.78 Å². The molecule has 4 aromatic rings. The molecule has 2 aromatic heterocycles. The second-order valence-electron chi connectivity index (χ2n) is 10.1. The number of rotatable bonds is 3. The third kappa shape index (κ3) is 3.46. The summed E-state index contributed by atoms with van der Waals surface area (Å²) < 4.78 is 2.00. The molecule has 0 amide bonds. The molecule has 2 aromatic carbocycles. The number of carbonyl (C=O) groups is 1. The summed E-state index contributed by atoms with van der Waals surface area (Å²) in [6.45, 7) is 3.88. The molecule has 3 atom stereocenters. The predicted octanol–water partition coefficient (Wildman–Crippen LogP) is 5.37. The van der Waals surface area contributed by atoms with Crippen LogP contribution in [0.2, 0.25) is 0 Å². The molecule has 2 aliphatic carbocycles. The third-order valence-corrected chi connectivity index (χ3v) is 8.10. The molecule has 0 fully saturated rings. The summed E-state index contributed by atoms with van der Waals surface area (Å²) in [6.07, 6.45) is 7.15. The number of allylic oxidation sites excluding steroid dienone is 2. The van der Waals surface area contributed by atoms with Crippen molar-refractivity contribution in [1.82, 2.24) is 19.5 Å². The summed E-state index contributed by atoms with van der Waals surface area (Å²) in [5.41, 5.74) is 6.71. The fourth-order valence-corrected chi connectivity index (χ4v) is 6.33. The minimum Gasteiger partial charge on any atom is -0.334 e. The van der Waals surface area contributed by atoms with Gasteiger partial charge in [0, 0.05) is 24.1 Å². The van der Waals surface area contributed by atoms with E-state index in [2.05, 4.69) is 47.5 Å². The number of aromatic nitrogens is 4. The Morgan fingerprint density at radius 1 is 1.05 bits per heavy atom. The lowest BCUT2D eigenvalue weighted by Crippen LogP contribution is -2.48. The van der Waals surface area contributed by atoms with Crippen molar-refractivity contribution in [2.24, 2.45) is 18.9 Å². The van der Waals surface area contributed by atoms with Gasteiger partial charge in [0.1, 0.15) is 11.9 Å². The lowest BCUT2D eigenvalue weighted by molar-refractivity contribution is -0.121. The summed E-state index contributed by atoms with van der Waals surface area (Å²) in [4.78, 5) is 27.3. The van der Waals surface area contributed by atoms with E-state index in [4.69, 9.17) is 9.97 Å². The number of nitrogens with zero attached hydrogens (tertiary/aromatic N) is 5. The summed E-state index contributed by atoms with van der Waals surface area (Å²) in [5.74, 6) is 0.349. The molecule has 1 unspecified atom stereocenters. The van der Waals surface area contributed by atoms with Crippen molar-refractivity contribution in [3.05, 3.63) is 101 Å². The summed E-state index contributed by atoms with van der Waals surface area (Å²) in [7, 11) is 1.98. The van der Waals surface area contributed by atoms with Crippen LogP contribution in [0.25, 0.3) is 22.5 Å². The molecule has 6 rings (SSSR count). The van der Waals surface area contributed by atoms with Gasteiger partial charge in [-0.15, -0.1) is 0 Å². The first-order valence-electron chi connectivity index (χ1n) is 12.6. The first kappa shape index (κ1) is 23.1. The smallest absolute Gasteiger partial charge is 0.176 e. The molecule has 182 valence electrons. The maximum absolute atomic E-state index is 13.1. The van der Waals surface area contributed by atoms with Gasteiger partial charge in [-0.1, -0.05) is 61.5 Å². The van der Waals surface area contributed by atoms with Gasteiger partial charge in [-0.2, -0.15) is 5.26 Å². The van der Waals surface area contributed by atoms with E-state index >= 15 is 0 Å². The SMILES string of the molecule is Cc1nc(-c2ccc(-c3cncn3C)cc2)c2c(n1)C1(c3ccccc3)C=C(C#N)C(=O)[C@@H](C)[C@@H]1CC2. The minimum atomic E-state index is -0.662. The number of imidazole rings is 1. The average Bonchev–Trinajstić information content (AvgIpc) is 3.36. The van der Waals surface area contributed by atoms with Crippen LogP contribution in [0.3, 0.4) is 0 Å². The standard InChI is InChI=1S/C31H27N5O/c1-19-26-14-13-25-28(22-11-9-21(10-12-22)27-17-33-18-36(27)3)34-20(2)35-30(25)31(26,15-23(16-32)29(19)37)24-7-5-4-6-8-24/h4-12,15,17-19,26H,13-14H2,1-3H3/t19-,26-,31?/m0/s1. The fraction of sp³-hybridized carbons (Fsp3) is 0.258. The fourth-order valence-electron chi connectivity index (χ4n) is 6.33.